The van der Waals surface area contributed by atoms with Crippen LogP contribution < -0.4 is 15.1 Å². The van der Waals surface area contributed by atoms with Crippen molar-refractivity contribution in [3.63, 3.8) is 0 Å². The zero-order chi connectivity index (χ0) is 23.7. The van der Waals surface area contributed by atoms with Gasteiger partial charge < -0.3 is 15.1 Å². The van der Waals surface area contributed by atoms with Gasteiger partial charge in [-0.2, -0.15) is 9.97 Å². The molecule has 2 aromatic carbocycles. The summed E-state index contributed by atoms with van der Waals surface area (Å²) in [6, 6.07) is 12.9. The Bertz CT molecular complexity index is 1350. The minimum absolute atomic E-state index is 0.0944. The second-order valence-electron chi connectivity index (χ2n) is 8.29. The maximum Gasteiger partial charge on any atom is 0.269 e. The van der Waals surface area contributed by atoms with Gasteiger partial charge in [-0.1, -0.05) is 17.7 Å². The van der Waals surface area contributed by atoms with Gasteiger partial charge in [0.15, 0.2) is 17.0 Å². The van der Waals surface area contributed by atoms with Gasteiger partial charge in [0.25, 0.3) is 5.69 Å². The lowest BCUT2D eigenvalue weighted by Gasteiger charge is -2.36. The molecule has 34 heavy (non-hydrogen) atoms. The van der Waals surface area contributed by atoms with E-state index in [1.54, 1.807) is 24.5 Å². The number of aromatic nitrogens is 4. The fourth-order valence-electron chi connectivity index (χ4n) is 4.11. The molecule has 4 aromatic rings. The molecule has 0 atom stereocenters. The number of anilines is 4. The van der Waals surface area contributed by atoms with Gasteiger partial charge in [-0.3, -0.25) is 10.1 Å². The number of benzene rings is 2. The molecule has 1 N–H and O–H groups in total. The van der Waals surface area contributed by atoms with Crippen molar-refractivity contribution in [1.82, 2.24) is 19.9 Å². The van der Waals surface area contributed by atoms with Crippen molar-refractivity contribution in [2.24, 2.45) is 0 Å². The van der Waals surface area contributed by atoms with Crippen LogP contribution in [0.4, 0.5) is 28.8 Å². The number of nitrogens with zero attached hydrogens (tertiary/aromatic N) is 7. The number of piperazine rings is 1. The molecule has 10 heteroatoms. The Morgan fingerprint density at radius 2 is 1.62 bits per heavy atom. The molecule has 0 unspecified atom stereocenters. The van der Waals surface area contributed by atoms with Gasteiger partial charge in [0, 0.05) is 62.1 Å². The maximum atomic E-state index is 10.9. The summed E-state index contributed by atoms with van der Waals surface area (Å²) in [7, 11) is 0. The maximum absolute atomic E-state index is 10.9. The second-order valence-corrected chi connectivity index (χ2v) is 8.29. The van der Waals surface area contributed by atoms with Crippen molar-refractivity contribution >= 4 is 40.0 Å². The Hall–Kier alpha value is -4.34. The lowest BCUT2D eigenvalue weighted by Crippen LogP contribution is -2.47. The number of non-ortho nitro benzene ring substituents is 1. The number of nitro groups is 1. The molecule has 0 radical (unpaired) electrons. The number of aryl methyl sites for hydroxylation is 2. The summed E-state index contributed by atoms with van der Waals surface area (Å²) >= 11 is 0. The van der Waals surface area contributed by atoms with E-state index >= 15 is 0 Å². The minimum Gasteiger partial charge on any atom is -0.368 e. The van der Waals surface area contributed by atoms with E-state index in [2.05, 4.69) is 56.0 Å². The Morgan fingerprint density at radius 1 is 0.912 bits per heavy atom. The van der Waals surface area contributed by atoms with Crippen LogP contribution in [0.5, 0.6) is 0 Å². The molecule has 172 valence electrons. The molecule has 3 heterocycles. The van der Waals surface area contributed by atoms with Gasteiger partial charge in [0.1, 0.15) is 0 Å². The van der Waals surface area contributed by atoms with E-state index in [0.29, 0.717) is 36.0 Å². The Balaban J connectivity index is 1.38. The van der Waals surface area contributed by atoms with Crippen LogP contribution in [0.25, 0.3) is 11.2 Å². The Morgan fingerprint density at radius 3 is 2.32 bits per heavy atom. The molecule has 0 amide bonds. The van der Waals surface area contributed by atoms with Crippen molar-refractivity contribution in [3.8, 4) is 0 Å². The average Bonchev–Trinajstić information content (AvgIpc) is 2.86. The average molecular weight is 457 g/mol. The fraction of sp³-hybridized carbons (Fsp3) is 0.250. The Labute approximate surface area is 196 Å². The molecule has 1 aliphatic heterocycles. The number of rotatable bonds is 5. The molecule has 0 saturated carbocycles. The zero-order valence-corrected chi connectivity index (χ0v) is 19.0. The SMILES string of the molecule is Cc1ccc(Nc2nc(N3CCN(c4ccc([N+](=O)[O-])cc4)CC3)nc3nccnc23)c(C)c1. The van der Waals surface area contributed by atoms with E-state index in [-0.39, 0.29) is 10.6 Å². The van der Waals surface area contributed by atoms with Crippen molar-refractivity contribution in [2.75, 3.05) is 41.3 Å². The third-order valence-electron chi connectivity index (χ3n) is 5.94. The van der Waals surface area contributed by atoms with Gasteiger partial charge in [0.2, 0.25) is 5.95 Å². The Kier molecular flexibility index (Phi) is 5.62. The quantitative estimate of drug-likeness (QED) is 0.351. The van der Waals surface area contributed by atoms with Crippen LogP contribution in [-0.2, 0) is 0 Å². The smallest absolute Gasteiger partial charge is 0.269 e. The number of hydrogen-bond acceptors (Lipinski definition) is 9. The van der Waals surface area contributed by atoms with E-state index in [9.17, 15) is 10.1 Å². The lowest BCUT2D eigenvalue weighted by molar-refractivity contribution is -0.384. The first-order valence-electron chi connectivity index (χ1n) is 11.1. The first-order valence-corrected chi connectivity index (χ1v) is 11.1. The number of hydrogen-bond donors (Lipinski definition) is 1. The van der Waals surface area contributed by atoms with E-state index in [4.69, 9.17) is 4.98 Å². The van der Waals surface area contributed by atoms with Gasteiger partial charge in [-0.05, 0) is 37.6 Å². The lowest BCUT2D eigenvalue weighted by atomic mass is 10.1. The van der Waals surface area contributed by atoms with E-state index < -0.39 is 0 Å². The molecule has 0 bridgehead atoms. The van der Waals surface area contributed by atoms with E-state index in [0.717, 1.165) is 30.0 Å². The summed E-state index contributed by atoms with van der Waals surface area (Å²) in [6.45, 7) is 7.05. The van der Waals surface area contributed by atoms with Crippen LogP contribution in [0.3, 0.4) is 0 Å². The molecule has 1 saturated heterocycles. The largest absolute Gasteiger partial charge is 0.368 e. The summed E-state index contributed by atoms with van der Waals surface area (Å²) in [5.74, 6) is 1.22. The van der Waals surface area contributed by atoms with E-state index in [1.807, 2.05) is 6.07 Å². The fourth-order valence-corrected chi connectivity index (χ4v) is 4.11. The third-order valence-corrected chi connectivity index (χ3v) is 5.94. The number of nitro benzene ring substituents is 1. The predicted molar refractivity (Wildman–Crippen MR) is 132 cm³/mol. The molecule has 0 aliphatic carbocycles. The van der Waals surface area contributed by atoms with Crippen LogP contribution >= 0.6 is 0 Å². The molecule has 10 nitrogen and oxygen atoms in total. The predicted octanol–water partition coefficient (Wildman–Crippen LogP) is 4.02. The highest BCUT2D eigenvalue weighted by Gasteiger charge is 2.22. The molecule has 1 fully saturated rings. The van der Waals surface area contributed by atoms with E-state index in [1.165, 1.54) is 17.7 Å². The van der Waals surface area contributed by atoms with Gasteiger partial charge in [0.05, 0.1) is 4.92 Å². The molecule has 2 aromatic heterocycles. The standard InChI is InChI=1S/C24H24N8O2/c1-16-3-8-20(17(2)15-16)27-23-21-22(26-10-9-25-21)28-24(29-23)31-13-11-30(12-14-31)18-4-6-19(7-5-18)32(33)34/h3-10,15H,11-14H2,1-2H3,(H,26,27,28,29). The van der Waals surface area contributed by atoms with Crippen LogP contribution in [0.2, 0.25) is 0 Å². The minimum atomic E-state index is -0.384. The van der Waals surface area contributed by atoms with Crippen molar-refractivity contribution in [2.45, 2.75) is 13.8 Å². The summed E-state index contributed by atoms with van der Waals surface area (Å²) in [6.07, 6.45) is 3.27. The molecular formula is C24H24N8O2. The van der Waals surface area contributed by atoms with Gasteiger partial charge in [-0.15, -0.1) is 0 Å². The first kappa shape index (κ1) is 21.5. The third kappa shape index (κ3) is 4.29. The highest BCUT2D eigenvalue weighted by molar-refractivity contribution is 5.86. The first-order chi connectivity index (χ1) is 16.5. The van der Waals surface area contributed by atoms with Crippen molar-refractivity contribution in [1.29, 1.82) is 0 Å². The topological polar surface area (TPSA) is 113 Å². The van der Waals surface area contributed by atoms with Crippen LogP contribution in [0.1, 0.15) is 11.1 Å². The summed E-state index contributed by atoms with van der Waals surface area (Å²) in [4.78, 5) is 33.2. The summed E-state index contributed by atoms with van der Waals surface area (Å²) < 4.78 is 0. The summed E-state index contributed by atoms with van der Waals surface area (Å²) in [5.41, 5.74) is 5.50. The molecule has 5 rings (SSSR count). The number of nitrogens with one attached hydrogen (secondary N) is 1. The van der Waals surface area contributed by atoms with Crippen LogP contribution in [0.15, 0.2) is 54.9 Å². The molecule has 0 spiro atoms. The highest BCUT2D eigenvalue weighted by Crippen LogP contribution is 2.27. The molecular weight excluding hydrogens is 432 g/mol. The van der Waals surface area contributed by atoms with Gasteiger partial charge in [-0.25, -0.2) is 9.97 Å². The van der Waals surface area contributed by atoms with Crippen LogP contribution in [0, 0.1) is 24.0 Å². The van der Waals surface area contributed by atoms with Crippen LogP contribution in [-0.4, -0.2) is 51.0 Å². The van der Waals surface area contributed by atoms with Gasteiger partial charge >= 0.3 is 0 Å². The normalized spacial score (nSPS) is 13.8. The van der Waals surface area contributed by atoms with Crippen molar-refractivity contribution in [3.05, 3.63) is 76.1 Å². The highest BCUT2D eigenvalue weighted by atomic mass is 16.6. The monoisotopic (exact) mass is 456 g/mol. The second kappa shape index (κ2) is 8.89. The number of fused-ring (bicyclic) bond motifs is 1. The molecule has 1 aliphatic rings. The zero-order valence-electron chi connectivity index (χ0n) is 19.0. The van der Waals surface area contributed by atoms with Crippen molar-refractivity contribution < 1.29 is 4.92 Å². The summed E-state index contributed by atoms with van der Waals surface area (Å²) in [5, 5.41) is 14.3.